The fourth-order valence-electron chi connectivity index (χ4n) is 4.34. The van der Waals surface area contributed by atoms with Gasteiger partial charge in [0.2, 0.25) is 12.7 Å². The van der Waals surface area contributed by atoms with E-state index in [9.17, 15) is 18.8 Å². The van der Waals surface area contributed by atoms with Crippen LogP contribution in [-0.2, 0) is 4.79 Å². The predicted octanol–water partition coefficient (Wildman–Crippen LogP) is 3.12. The van der Waals surface area contributed by atoms with Gasteiger partial charge in [-0.25, -0.2) is 4.39 Å². The molecule has 9 heteroatoms. The first-order valence-electron chi connectivity index (χ1n) is 11.9. The van der Waals surface area contributed by atoms with Crippen LogP contribution in [-0.4, -0.2) is 54.6 Å². The monoisotopic (exact) mass is 483 g/mol. The highest BCUT2D eigenvalue weighted by atomic mass is 19.1. The number of halogens is 1. The minimum Gasteiger partial charge on any atom is -0.454 e. The second-order valence-electron chi connectivity index (χ2n) is 8.95. The fourth-order valence-corrected chi connectivity index (χ4v) is 4.34. The van der Waals surface area contributed by atoms with E-state index in [1.807, 2.05) is 13.8 Å². The Labute approximate surface area is 203 Å². The lowest BCUT2D eigenvalue weighted by Gasteiger charge is -2.36. The van der Waals surface area contributed by atoms with Gasteiger partial charge in [-0.05, 0) is 62.4 Å². The topological polar surface area (TPSA) is 97.0 Å². The van der Waals surface area contributed by atoms with Crippen LogP contribution in [0.1, 0.15) is 53.8 Å². The average molecular weight is 484 g/mol. The quantitative estimate of drug-likeness (QED) is 0.631. The molecule has 0 bridgehead atoms. The van der Waals surface area contributed by atoms with E-state index < -0.39 is 17.8 Å². The number of fused-ring (bicyclic) bond motifs is 1. The summed E-state index contributed by atoms with van der Waals surface area (Å²) in [6, 6.07) is 9.98. The Balaban J connectivity index is 1.46. The van der Waals surface area contributed by atoms with Crippen LogP contribution in [0.25, 0.3) is 0 Å². The summed E-state index contributed by atoms with van der Waals surface area (Å²) in [5.41, 5.74) is 0.399. The molecule has 0 aliphatic carbocycles. The number of likely N-dealkylation sites (tertiary alicyclic amines) is 1. The molecular formula is C26H30FN3O5. The smallest absolute Gasteiger partial charge is 0.256 e. The first kappa shape index (κ1) is 24.5. The zero-order valence-corrected chi connectivity index (χ0v) is 19.9. The Bertz CT molecular complexity index is 1100. The van der Waals surface area contributed by atoms with Gasteiger partial charge in [0, 0.05) is 24.7 Å². The number of rotatable bonds is 7. The third kappa shape index (κ3) is 5.55. The maximum Gasteiger partial charge on any atom is 0.256 e. The van der Waals surface area contributed by atoms with Crippen molar-refractivity contribution in [3.05, 3.63) is 59.4 Å². The Hall–Kier alpha value is -3.62. The van der Waals surface area contributed by atoms with E-state index >= 15 is 0 Å². The summed E-state index contributed by atoms with van der Waals surface area (Å²) in [6.45, 7) is 4.71. The molecule has 2 atom stereocenters. The SMILES string of the molecule is CC[C@H](C)NC(=O)[C@H](NC(=O)c1ccc2c(c1)OCO2)C1CCN(C(=O)c2ccccc2F)CC1. The fraction of sp³-hybridized carbons (Fsp3) is 0.423. The van der Waals surface area contributed by atoms with Crippen molar-refractivity contribution >= 4 is 17.7 Å². The van der Waals surface area contributed by atoms with Crippen LogP contribution < -0.4 is 20.1 Å². The summed E-state index contributed by atoms with van der Waals surface area (Å²) < 4.78 is 24.7. The van der Waals surface area contributed by atoms with Gasteiger partial charge in [-0.3, -0.25) is 14.4 Å². The van der Waals surface area contributed by atoms with Crippen molar-refractivity contribution in [2.45, 2.75) is 45.2 Å². The Morgan fingerprint density at radius 3 is 2.49 bits per heavy atom. The molecule has 2 aliphatic heterocycles. The Morgan fingerprint density at radius 2 is 1.77 bits per heavy atom. The number of hydrogen-bond donors (Lipinski definition) is 2. The first-order valence-corrected chi connectivity index (χ1v) is 11.9. The van der Waals surface area contributed by atoms with E-state index in [0.717, 1.165) is 6.42 Å². The molecule has 3 amide bonds. The maximum atomic E-state index is 14.1. The first-order chi connectivity index (χ1) is 16.9. The lowest BCUT2D eigenvalue weighted by Crippen LogP contribution is -2.55. The molecule has 0 aromatic heterocycles. The van der Waals surface area contributed by atoms with Gasteiger partial charge in [0.15, 0.2) is 11.5 Å². The molecule has 0 spiro atoms. The molecule has 35 heavy (non-hydrogen) atoms. The van der Waals surface area contributed by atoms with Gasteiger partial charge in [-0.1, -0.05) is 19.1 Å². The van der Waals surface area contributed by atoms with Crippen molar-refractivity contribution in [1.82, 2.24) is 15.5 Å². The van der Waals surface area contributed by atoms with E-state index in [2.05, 4.69) is 10.6 Å². The zero-order valence-electron chi connectivity index (χ0n) is 19.9. The molecule has 2 aromatic carbocycles. The van der Waals surface area contributed by atoms with E-state index in [4.69, 9.17) is 9.47 Å². The number of nitrogens with zero attached hydrogens (tertiary/aromatic N) is 1. The lowest BCUT2D eigenvalue weighted by molar-refractivity contribution is -0.125. The van der Waals surface area contributed by atoms with Gasteiger partial charge in [-0.15, -0.1) is 0 Å². The molecule has 4 rings (SSSR count). The molecule has 2 aromatic rings. The van der Waals surface area contributed by atoms with Crippen molar-refractivity contribution < 1.29 is 28.2 Å². The van der Waals surface area contributed by atoms with Gasteiger partial charge in [0.05, 0.1) is 5.56 Å². The van der Waals surface area contributed by atoms with Crippen molar-refractivity contribution in [2.75, 3.05) is 19.9 Å². The van der Waals surface area contributed by atoms with Crippen LogP contribution in [0.15, 0.2) is 42.5 Å². The Kier molecular flexibility index (Phi) is 7.53. The standard InChI is InChI=1S/C26H30FN3O5/c1-3-16(2)28-25(32)23(29-24(31)18-8-9-21-22(14-18)35-15-34-21)17-10-12-30(13-11-17)26(33)19-6-4-5-7-20(19)27/h4-9,14,16-17,23H,3,10-13,15H2,1-2H3,(H,28,32)(H,29,31)/t16-,23+/m0/s1. The van der Waals surface area contributed by atoms with Crippen molar-refractivity contribution in [2.24, 2.45) is 5.92 Å². The third-order valence-corrected chi connectivity index (χ3v) is 6.61. The third-order valence-electron chi connectivity index (χ3n) is 6.61. The Morgan fingerprint density at radius 1 is 1.06 bits per heavy atom. The summed E-state index contributed by atoms with van der Waals surface area (Å²) in [5.74, 6) is -0.697. The molecule has 0 saturated carbocycles. The molecular weight excluding hydrogens is 453 g/mol. The van der Waals surface area contributed by atoms with E-state index in [-0.39, 0.29) is 36.1 Å². The summed E-state index contributed by atoms with van der Waals surface area (Å²) >= 11 is 0. The largest absolute Gasteiger partial charge is 0.454 e. The number of carbonyl (C=O) groups excluding carboxylic acids is 3. The molecule has 8 nitrogen and oxygen atoms in total. The summed E-state index contributed by atoms with van der Waals surface area (Å²) in [5, 5.41) is 5.86. The van der Waals surface area contributed by atoms with E-state index in [1.54, 1.807) is 35.2 Å². The van der Waals surface area contributed by atoms with Crippen molar-refractivity contribution in [1.29, 1.82) is 0 Å². The van der Waals surface area contributed by atoms with Crippen LogP contribution >= 0.6 is 0 Å². The van der Waals surface area contributed by atoms with Gasteiger partial charge in [0.25, 0.3) is 11.8 Å². The molecule has 1 saturated heterocycles. The number of benzene rings is 2. The number of ether oxygens (including phenoxy) is 2. The van der Waals surface area contributed by atoms with Crippen LogP contribution in [0.5, 0.6) is 11.5 Å². The van der Waals surface area contributed by atoms with Crippen molar-refractivity contribution in [3.63, 3.8) is 0 Å². The van der Waals surface area contributed by atoms with Crippen LogP contribution in [0, 0.1) is 11.7 Å². The lowest BCUT2D eigenvalue weighted by atomic mass is 9.88. The van der Waals surface area contributed by atoms with Crippen LogP contribution in [0.2, 0.25) is 0 Å². The molecule has 2 heterocycles. The molecule has 2 N–H and O–H groups in total. The summed E-state index contributed by atoms with van der Waals surface area (Å²) in [7, 11) is 0. The second kappa shape index (κ2) is 10.8. The number of piperidine rings is 1. The minimum absolute atomic E-state index is 0.0353. The normalized spacial score (nSPS) is 16.9. The highest BCUT2D eigenvalue weighted by Gasteiger charge is 2.35. The van der Waals surface area contributed by atoms with Crippen LogP contribution in [0.3, 0.4) is 0 Å². The van der Waals surface area contributed by atoms with Gasteiger partial charge >= 0.3 is 0 Å². The maximum absolute atomic E-state index is 14.1. The summed E-state index contributed by atoms with van der Waals surface area (Å²) in [4.78, 5) is 40.6. The predicted molar refractivity (Wildman–Crippen MR) is 127 cm³/mol. The van der Waals surface area contributed by atoms with Crippen LogP contribution in [0.4, 0.5) is 4.39 Å². The molecule has 186 valence electrons. The highest BCUT2D eigenvalue weighted by Crippen LogP contribution is 2.32. The number of carbonyl (C=O) groups is 3. The van der Waals surface area contributed by atoms with Gasteiger partial charge in [-0.2, -0.15) is 0 Å². The zero-order chi connectivity index (χ0) is 24.9. The minimum atomic E-state index is -0.771. The second-order valence-corrected chi connectivity index (χ2v) is 8.95. The summed E-state index contributed by atoms with van der Waals surface area (Å²) in [6.07, 6.45) is 1.75. The number of amides is 3. The van der Waals surface area contributed by atoms with Gasteiger partial charge < -0.3 is 25.0 Å². The van der Waals surface area contributed by atoms with E-state index in [0.29, 0.717) is 43.0 Å². The highest BCUT2D eigenvalue weighted by molar-refractivity contribution is 5.98. The van der Waals surface area contributed by atoms with Crippen molar-refractivity contribution in [3.8, 4) is 11.5 Å². The van der Waals surface area contributed by atoms with E-state index in [1.165, 1.54) is 12.1 Å². The molecule has 0 unspecified atom stereocenters. The molecule has 2 aliphatic rings. The number of nitrogens with one attached hydrogen (secondary N) is 2. The molecule has 0 radical (unpaired) electrons. The molecule has 1 fully saturated rings. The van der Waals surface area contributed by atoms with Gasteiger partial charge in [0.1, 0.15) is 11.9 Å². The average Bonchev–Trinajstić information content (AvgIpc) is 3.35. The number of hydrogen-bond acceptors (Lipinski definition) is 5.